The van der Waals surface area contributed by atoms with Crippen LogP contribution >= 0.6 is 0 Å². The minimum atomic E-state index is 0.772. The third-order valence-corrected chi connectivity index (χ3v) is 3.23. The van der Waals surface area contributed by atoms with Crippen LogP contribution in [0, 0.1) is 13.8 Å². The Kier molecular flexibility index (Phi) is 3.60. The van der Waals surface area contributed by atoms with Crippen LogP contribution in [-0.4, -0.2) is 16.2 Å². The summed E-state index contributed by atoms with van der Waals surface area (Å²) in [5, 5.41) is 5.36. The summed E-state index contributed by atoms with van der Waals surface area (Å²) >= 11 is 0. The van der Waals surface area contributed by atoms with Gasteiger partial charge in [0.2, 0.25) is 0 Å². The van der Waals surface area contributed by atoms with Gasteiger partial charge in [0.1, 0.15) is 5.82 Å². The van der Waals surface area contributed by atoms with Crippen LogP contribution in [0.5, 0.6) is 0 Å². The first-order valence-corrected chi connectivity index (χ1v) is 6.79. The molecule has 1 N–H and O–H groups in total. The zero-order valence-electron chi connectivity index (χ0n) is 12.0. The molecule has 0 saturated heterocycles. The molecule has 1 aromatic carbocycles. The number of rotatable bonds is 3. The molecule has 0 saturated carbocycles. The summed E-state index contributed by atoms with van der Waals surface area (Å²) in [6.07, 6.45) is 5.23. The Bertz CT molecular complexity index is 794. The number of hydrogen-bond donors (Lipinski definition) is 1. The summed E-state index contributed by atoms with van der Waals surface area (Å²) in [7, 11) is 0. The lowest BCUT2D eigenvalue weighted by Gasteiger charge is -2.07. The average Bonchev–Trinajstić information content (AvgIpc) is 2.49. The molecule has 0 aliphatic carbocycles. The number of fused-ring (bicyclic) bond motifs is 1. The molecule has 0 spiro atoms. The predicted octanol–water partition coefficient (Wildman–Crippen LogP) is 3.69. The van der Waals surface area contributed by atoms with Crippen molar-refractivity contribution in [1.82, 2.24) is 9.97 Å². The number of nitrogens with one attached hydrogen (secondary N) is 1. The Morgan fingerprint density at radius 2 is 2.05 bits per heavy atom. The Morgan fingerprint density at radius 3 is 2.86 bits per heavy atom. The van der Waals surface area contributed by atoms with Gasteiger partial charge in [-0.05, 0) is 43.2 Å². The summed E-state index contributed by atoms with van der Waals surface area (Å²) in [4.78, 5) is 8.67. The van der Waals surface area contributed by atoms with Crippen molar-refractivity contribution >= 4 is 22.9 Å². The predicted molar refractivity (Wildman–Crippen MR) is 86.7 cm³/mol. The van der Waals surface area contributed by atoms with Gasteiger partial charge in [-0.15, -0.1) is 0 Å². The van der Waals surface area contributed by atoms with Crippen LogP contribution in [0.3, 0.4) is 0 Å². The molecular weight excluding hydrogens is 260 g/mol. The molecule has 0 unspecified atom stereocenters. The Balaban J connectivity index is 1.86. The van der Waals surface area contributed by atoms with Crippen LogP contribution in [-0.2, 0) is 0 Å². The van der Waals surface area contributed by atoms with Gasteiger partial charge in [0.25, 0.3) is 0 Å². The van der Waals surface area contributed by atoms with Crippen LogP contribution in [0.25, 0.3) is 10.9 Å². The van der Waals surface area contributed by atoms with Crippen LogP contribution in [0.1, 0.15) is 16.7 Å². The van der Waals surface area contributed by atoms with Gasteiger partial charge in [-0.25, -0.2) is 4.98 Å². The van der Waals surface area contributed by atoms with Gasteiger partial charge in [0.15, 0.2) is 0 Å². The molecule has 2 heterocycles. The van der Waals surface area contributed by atoms with Gasteiger partial charge in [-0.1, -0.05) is 18.2 Å². The fourth-order valence-electron chi connectivity index (χ4n) is 2.12. The first kappa shape index (κ1) is 13.2. The molecule has 4 nitrogen and oxygen atoms in total. The third-order valence-electron chi connectivity index (χ3n) is 3.23. The van der Waals surface area contributed by atoms with Gasteiger partial charge in [-0.2, -0.15) is 5.10 Å². The quantitative estimate of drug-likeness (QED) is 0.586. The minimum Gasteiger partial charge on any atom is -0.264 e. The fraction of sp³-hybridized carbons (Fsp3) is 0.118. The highest BCUT2D eigenvalue weighted by Crippen LogP contribution is 2.20. The van der Waals surface area contributed by atoms with Crippen molar-refractivity contribution < 1.29 is 0 Å². The van der Waals surface area contributed by atoms with Crippen LogP contribution in [0.15, 0.2) is 53.9 Å². The molecule has 4 heteroatoms. The number of pyridine rings is 2. The van der Waals surface area contributed by atoms with Gasteiger partial charge in [0.05, 0.1) is 11.7 Å². The summed E-state index contributed by atoms with van der Waals surface area (Å²) in [6.45, 7) is 4.09. The maximum atomic E-state index is 4.63. The van der Waals surface area contributed by atoms with Crippen molar-refractivity contribution in [3.8, 4) is 0 Å². The Labute approximate surface area is 123 Å². The molecule has 104 valence electrons. The van der Waals surface area contributed by atoms with Crippen LogP contribution < -0.4 is 5.43 Å². The topological polar surface area (TPSA) is 50.2 Å². The number of aromatic nitrogens is 2. The summed E-state index contributed by atoms with van der Waals surface area (Å²) in [6, 6.07) is 12.2. The summed E-state index contributed by atoms with van der Waals surface area (Å²) < 4.78 is 0. The van der Waals surface area contributed by atoms with Crippen molar-refractivity contribution in [1.29, 1.82) is 0 Å². The first-order valence-electron chi connectivity index (χ1n) is 6.79. The van der Waals surface area contributed by atoms with Crippen LogP contribution in [0.2, 0.25) is 0 Å². The second-order valence-electron chi connectivity index (χ2n) is 5.01. The summed E-state index contributed by atoms with van der Waals surface area (Å²) in [5.41, 5.74) is 7.18. The molecule has 0 radical (unpaired) electrons. The largest absolute Gasteiger partial charge is 0.264 e. The highest BCUT2D eigenvalue weighted by atomic mass is 15.3. The molecule has 3 aromatic rings. The van der Waals surface area contributed by atoms with E-state index in [0.29, 0.717) is 0 Å². The molecule has 0 amide bonds. The van der Waals surface area contributed by atoms with E-state index >= 15 is 0 Å². The number of aryl methyl sites for hydroxylation is 2. The first-order chi connectivity index (χ1) is 10.2. The molecule has 21 heavy (non-hydrogen) atoms. The second-order valence-corrected chi connectivity index (χ2v) is 5.01. The van der Waals surface area contributed by atoms with Crippen molar-refractivity contribution in [2.24, 2.45) is 5.10 Å². The highest BCUT2D eigenvalue weighted by Gasteiger charge is 2.02. The van der Waals surface area contributed by atoms with E-state index in [0.717, 1.165) is 27.8 Å². The third kappa shape index (κ3) is 3.05. The SMILES string of the molecule is Cc1ccc2cc(C)c(N/N=C\c3cccnc3)nc2c1. The maximum absolute atomic E-state index is 4.63. The lowest BCUT2D eigenvalue weighted by Crippen LogP contribution is -1.97. The lowest BCUT2D eigenvalue weighted by molar-refractivity contribution is 1.22. The van der Waals surface area contributed by atoms with Crippen molar-refractivity contribution in [3.63, 3.8) is 0 Å². The smallest absolute Gasteiger partial charge is 0.149 e. The molecule has 0 atom stereocenters. The second kappa shape index (κ2) is 5.71. The van der Waals surface area contributed by atoms with E-state index < -0.39 is 0 Å². The number of nitrogens with zero attached hydrogens (tertiary/aromatic N) is 3. The zero-order chi connectivity index (χ0) is 14.7. The van der Waals surface area contributed by atoms with E-state index in [2.05, 4.69) is 51.7 Å². The molecule has 0 bridgehead atoms. The molecule has 0 aliphatic rings. The lowest BCUT2D eigenvalue weighted by atomic mass is 10.1. The zero-order valence-corrected chi connectivity index (χ0v) is 12.0. The molecule has 2 aromatic heterocycles. The van der Waals surface area contributed by atoms with E-state index in [1.54, 1.807) is 18.6 Å². The summed E-state index contributed by atoms with van der Waals surface area (Å²) in [5.74, 6) is 0.772. The fourth-order valence-corrected chi connectivity index (χ4v) is 2.12. The molecular formula is C17H16N4. The Morgan fingerprint density at radius 1 is 1.14 bits per heavy atom. The number of hydrazone groups is 1. The van der Waals surface area contributed by atoms with E-state index in [1.165, 1.54) is 5.56 Å². The van der Waals surface area contributed by atoms with E-state index in [-0.39, 0.29) is 0 Å². The van der Waals surface area contributed by atoms with Crippen molar-refractivity contribution in [2.75, 3.05) is 5.43 Å². The molecule has 3 rings (SSSR count). The normalized spacial score (nSPS) is 11.1. The number of anilines is 1. The van der Waals surface area contributed by atoms with Gasteiger partial charge in [0, 0.05) is 23.3 Å². The molecule has 0 aliphatic heterocycles. The number of hydrogen-bond acceptors (Lipinski definition) is 4. The van der Waals surface area contributed by atoms with Gasteiger partial charge >= 0.3 is 0 Å². The molecule has 0 fully saturated rings. The van der Waals surface area contributed by atoms with E-state index in [1.807, 2.05) is 19.1 Å². The highest BCUT2D eigenvalue weighted by molar-refractivity contribution is 5.83. The van der Waals surface area contributed by atoms with E-state index in [9.17, 15) is 0 Å². The Hall–Kier alpha value is -2.75. The van der Waals surface area contributed by atoms with Crippen molar-refractivity contribution in [3.05, 3.63) is 65.5 Å². The average molecular weight is 276 g/mol. The van der Waals surface area contributed by atoms with Crippen LogP contribution in [0.4, 0.5) is 5.82 Å². The van der Waals surface area contributed by atoms with E-state index in [4.69, 9.17) is 0 Å². The maximum Gasteiger partial charge on any atom is 0.149 e. The van der Waals surface area contributed by atoms with Crippen molar-refractivity contribution in [2.45, 2.75) is 13.8 Å². The monoisotopic (exact) mass is 276 g/mol. The van der Waals surface area contributed by atoms with Gasteiger partial charge in [-0.3, -0.25) is 10.4 Å². The number of benzene rings is 1. The minimum absolute atomic E-state index is 0.772. The standard InChI is InChI=1S/C17H16N4/c1-12-5-6-15-9-13(2)17(20-16(15)8-12)21-19-11-14-4-3-7-18-10-14/h3-11H,1-2H3,(H,20,21)/b19-11-. The van der Waals surface area contributed by atoms with Gasteiger partial charge < -0.3 is 0 Å².